The van der Waals surface area contributed by atoms with Crippen LogP contribution in [-0.2, 0) is 5.75 Å². The normalized spacial score (nSPS) is 11.1. The van der Waals surface area contributed by atoms with Gasteiger partial charge in [0.2, 0.25) is 11.6 Å². The highest BCUT2D eigenvalue weighted by Gasteiger charge is 2.18. The van der Waals surface area contributed by atoms with Crippen LogP contribution in [0.4, 0.5) is 0 Å². The van der Waals surface area contributed by atoms with E-state index in [0.717, 1.165) is 21.7 Å². The van der Waals surface area contributed by atoms with Gasteiger partial charge in [-0.05, 0) is 34.5 Å². The molecule has 0 amide bonds. The highest BCUT2D eigenvalue weighted by Crippen LogP contribution is 2.41. The molecule has 0 radical (unpaired) electrons. The Kier molecular flexibility index (Phi) is 5.85. The summed E-state index contributed by atoms with van der Waals surface area (Å²) in [7, 11) is 4.62. The van der Waals surface area contributed by atoms with Crippen molar-refractivity contribution in [3.05, 3.63) is 70.6 Å². The third-order valence-electron chi connectivity index (χ3n) is 5.38. The second kappa shape index (κ2) is 9.11. The molecule has 0 aliphatic rings. The van der Waals surface area contributed by atoms with E-state index in [9.17, 15) is 4.79 Å². The number of aromatic nitrogens is 2. The fraction of sp³-hybridized carbons (Fsp3) is 0.160. The third kappa shape index (κ3) is 3.94. The number of hydrogen-bond donors (Lipinski definition) is 0. The van der Waals surface area contributed by atoms with Crippen molar-refractivity contribution >= 4 is 33.5 Å². The lowest BCUT2D eigenvalue weighted by molar-refractivity contribution is 0.324. The molecule has 0 spiro atoms. The molecule has 0 saturated heterocycles. The number of hydrogen-bond acceptors (Lipinski definition) is 9. The standard InChI is InChI=1S/C25H20N2O6S/c1-29-19-10-15(11-20(30-2)23(19)31-3)24-26-27-25(33-24)34-13-16-12-21(28)32-18-9-8-14-6-4-5-7-17(14)22(16)18/h4-12H,13H2,1-3H3. The van der Waals surface area contributed by atoms with E-state index in [2.05, 4.69) is 10.2 Å². The Bertz CT molecular complexity index is 1530. The van der Waals surface area contributed by atoms with Gasteiger partial charge in [-0.1, -0.05) is 42.1 Å². The molecule has 0 saturated carbocycles. The van der Waals surface area contributed by atoms with Gasteiger partial charge in [0.05, 0.1) is 21.3 Å². The summed E-state index contributed by atoms with van der Waals surface area (Å²) in [5.41, 5.74) is 1.61. The zero-order chi connectivity index (χ0) is 23.7. The van der Waals surface area contributed by atoms with Crippen LogP contribution >= 0.6 is 11.8 Å². The van der Waals surface area contributed by atoms with Crippen LogP contribution in [0.25, 0.3) is 33.2 Å². The van der Waals surface area contributed by atoms with Crippen LogP contribution in [0, 0.1) is 0 Å². The molecule has 172 valence electrons. The lowest BCUT2D eigenvalue weighted by Gasteiger charge is -2.12. The topological polar surface area (TPSA) is 96.8 Å². The van der Waals surface area contributed by atoms with Gasteiger partial charge in [0.1, 0.15) is 5.58 Å². The SMILES string of the molecule is COc1cc(-c2nnc(SCc3cc(=O)oc4ccc5ccccc5c34)o2)cc(OC)c1OC. The van der Waals surface area contributed by atoms with Crippen LogP contribution in [0.5, 0.6) is 17.2 Å². The van der Waals surface area contributed by atoms with Gasteiger partial charge in [0.25, 0.3) is 5.22 Å². The second-order valence-corrected chi connectivity index (χ2v) is 8.25. The van der Waals surface area contributed by atoms with Crippen LogP contribution < -0.4 is 19.8 Å². The Labute approximate surface area is 198 Å². The summed E-state index contributed by atoms with van der Waals surface area (Å²) < 4.78 is 27.5. The highest BCUT2D eigenvalue weighted by atomic mass is 32.2. The summed E-state index contributed by atoms with van der Waals surface area (Å²) in [5.74, 6) is 2.21. The number of fused-ring (bicyclic) bond motifs is 3. The molecule has 5 aromatic rings. The number of rotatable bonds is 7. The minimum absolute atomic E-state index is 0.310. The van der Waals surface area contributed by atoms with E-state index in [1.165, 1.54) is 17.8 Å². The van der Waals surface area contributed by atoms with Crippen molar-refractivity contribution < 1.29 is 23.0 Å². The van der Waals surface area contributed by atoms with Crippen LogP contribution in [0.1, 0.15) is 5.56 Å². The fourth-order valence-corrected chi connectivity index (χ4v) is 4.61. The van der Waals surface area contributed by atoms with Crippen molar-refractivity contribution in [1.29, 1.82) is 0 Å². The summed E-state index contributed by atoms with van der Waals surface area (Å²) in [6.07, 6.45) is 0. The lowest BCUT2D eigenvalue weighted by atomic mass is 10.0. The molecule has 0 atom stereocenters. The molecule has 0 N–H and O–H groups in total. The van der Waals surface area contributed by atoms with Crippen molar-refractivity contribution in [3.8, 4) is 28.7 Å². The minimum atomic E-state index is -0.401. The average Bonchev–Trinajstić information content (AvgIpc) is 3.35. The van der Waals surface area contributed by atoms with Crippen LogP contribution in [0.3, 0.4) is 0 Å². The monoisotopic (exact) mass is 476 g/mol. The van der Waals surface area contributed by atoms with E-state index in [1.54, 1.807) is 33.5 Å². The van der Waals surface area contributed by atoms with Gasteiger partial charge in [0, 0.05) is 22.8 Å². The summed E-state index contributed by atoms with van der Waals surface area (Å²) in [4.78, 5) is 12.2. The Hall–Kier alpha value is -3.98. The quantitative estimate of drug-likeness (QED) is 0.176. The van der Waals surface area contributed by atoms with E-state index < -0.39 is 5.63 Å². The van der Waals surface area contributed by atoms with Gasteiger partial charge in [-0.25, -0.2) is 4.79 Å². The average molecular weight is 477 g/mol. The van der Waals surface area contributed by atoms with Gasteiger partial charge in [0.15, 0.2) is 11.5 Å². The molecule has 2 heterocycles. The molecule has 9 heteroatoms. The largest absolute Gasteiger partial charge is 0.493 e. The molecule has 2 aromatic heterocycles. The van der Waals surface area contributed by atoms with Crippen LogP contribution in [-0.4, -0.2) is 31.5 Å². The van der Waals surface area contributed by atoms with Gasteiger partial charge in [-0.3, -0.25) is 0 Å². The molecule has 5 rings (SSSR count). The lowest BCUT2D eigenvalue weighted by Crippen LogP contribution is -2.00. The Morgan fingerprint density at radius 2 is 1.65 bits per heavy atom. The molecule has 0 bridgehead atoms. The van der Waals surface area contributed by atoms with Gasteiger partial charge in [-0.2, -0.15) is 0 Å². The predicted molar refractivity (Wildman–Crippen MR) is 129 cm³/mol. The maximum atomic E-state index is 12.2. The summed E-state index contributed by atoms with van der Waals surface area (Å²) >= 11 is 1.34. The Morgan fingerprint density at radius 1 is 0.882 bits per heavy atom. The first-order valence-electron chi connectivity index (χ1n) is 10.3. The van der Waals surface area contributed by atoms with E-state index in [1.807, 2.05) is 36.4 Å². The Balaban J connectivity index is 1.47. The maximum Gasteiger partial charge on any atom is 0.336 e. The number of methoxy groups -OCH3 is 3. The highest BCUT2D eigenvalue weighted by molar-refractivity contribution is 7.98. The van der Waals surface area contributed by atoms with E-state index in [4.69, 9.17) is 23.0 Å². The second-order valence-electron chi connectivity index (χ2n) is 7.33. The van der Waals surface area contributed by atoms with Crippen molar-refractivity contribution in [2.75, 3.05) is 21.3 Å². The smallest absolute Gasteiger partial charge is 0.336 e. The van der Waals surface area contributed by atoms with Crippen molar-refractivity contribution in [1.82, 2.24) is 10.2 Å². The first-order valence-corrected chi connectivity index (χ1v) is 11.3. The molecule has 34 heavy (non-hydrogen) atoms. The summed E-state index contributed by atoms with van der Waals surface area (Å²) in [6, 6.07) is 16.7. The van der Waals surface area contributed by atoms with Crippen molar-refractivity contribution in [3.63, 3.8) is 0 Å². The summed E-state index contributed by atoms with van der Waals surface area (Å²) in [6.45, 7) is 0. The predicted octanol–water partition coefficient (Wildman–Crippen LogP) is 5.31. The first-order chi connectivity index (χ1) is 16.6. The Morgan fingerprint density at radius 3 is 2.38 bits per heavy atom. The van der Waals surface area contributed by atoms with Crippen molar-refractivity contribution in [2.24, 2.45) is 0 Å². The number of nitrogens with zero attached hydrogens (tertiary/aromatic N) is 2. The molecule has 0 fully saturated rings. The molecule has 8 nitrogen and oxygen atoms in total. The zero-order valence-electron chi connectivity index (χ0n) is 18.7. The van der Waals surface area contributed by atoms with Crippen LogP contribution in [0.2, 0.25) is 0 Å². The number of ether oxygens (including phenoxy) is 3. The number of thioether (sulfide) groups is 1. The third-order valence-corrected chi connectivity index (χ3v) is 6.25. The maximum absolute atomic E-state index is 12.2. The first kappa shape index (κ1) is 21.8. The van der Waals surface area contributed by atoms with Gasteiger partial charge >= 0.3 is 5.63 Å². The molecule has 0 aliphatic carbocycles. The van der Waals surface area contributed by atoms with E-state index >= 15 is 0 Å². The zero-order valence-corrected chi connectivity index (χ0v) is 19.5. The van der Waals surface area contributed by atoms with E-state index in [-0.39, 0.29) is 0 Å². The molecule has 3 aromatic carbocycles. The molecular weight excluding hydrogens is 456 g/mol. The van der Waals surface area contributed by atoms with Gasteiger partial charge < -0.3 is 23.0 Å². The van der Waals surface area contributed by atoms with E-state index in [0.29, 0.717) is 45.3 Å². The molecule has 0 aliphatic heterocycles. The van der Waals surface area contributed by atoms with Gasteiger partial charge in [-0.15, -0.1) is 10.2 Å². The number of benzene rings is 3. The fourth-order valence-electron chi connectivity index (χ4n) is 3.86. The molecule has 0 unspecified atom stereocenters. The minimum Gasteiger partial charge on any atom is -0.493 e. The molecular formula is C25H20N2O6S. The van der Waals surface area contributed by atoms with Crippen molar-refractivity contribution in [2.45, 2.75) is 11.0 Å². The van der Waals surface area contributed by atoms with Crippen LogP contribution in [0.15, 0.2) is 73.4 Å². The summed E-state index contributed by atoms with van der Waals surface area (Å²) in [5, 5.41) is 11.7.